The molecule has 0 unspecified atom stereocenters. The molecule has 0 aliphatic carbocycles. The normalized spacial score (nSPS) is 18.1. The molecule has 15 heavy (non-hydrogen) atoms. The van der Waals surface area contributed by atoms with E-state index in [1.165, 1.54) is 0 Å². The van der Waals surface area contributed by atoms with Crippen molar-refractivity contribution in [2.45, 2.75) is 25.7 Å². The minimum Gasteiger partial charge on any atom is -0.317 e. The van der Waals surface area contributed by atoms with E-state index in [-0.39, 0.29) is 5.82 Å². The SMILES string of the molecule is Cc1c(Cl)ccc(C2CCNCC2)c1F. The lowest BCUT2D eigenvalue weighted by Crippen LogP contribution is -2.27. The summed E-state index contributed by atoms with van der Waals surface area (Å²) in [6.45, 7) is 3.69. The average Bonchev–Trinajstić information content (AvgIpc) is 2.27. The summed E-state index contributed by atoms with van der Waals surface area (Å²) in [6.07, 6.45) is 2.02. The Labute approximate surface area is 94.6 Å². The van der Waals surface area contributed by atoms with Crippen molar-refractivity contribution < 1.29 is 4.39 Å². The van der Waals surface area contributed by atoms with Crippen LogP contribution in [0.4, 0.5) is 4.39 Å². The summed E-state index contributed by atoms with van der Waals surface area (Å²) in [5, 5.41) is 3.80. The lowest BCUT2D eigenvalue weighted by atomic mass is 9.89. The molecule has 3 heteroatoms. The predicted octanol–water partition coefficient (Wildman–Crippen LogP) is 3.25. The third-order valence-corrected chi connectivity index (χ3v) is 3.54. The maximum absolute atomic E-state index is 13.9. The lowest BCUT2D eigenvalue weighted by Gasteiger charge is -2.24. The minimum atomic E-state index is -0.116. The quantitative estimate of drug-likeness (QED) is 0.777. The van der Waals surface area contributed by atoms with Gasteiger partial charge in [0.15, 0.2) is 0 Å². The summed E-state index contributed by atoms with van der Waals surface area (Å²) in [4.78, 5) is 0. The number of rotatable bonds is 1. The van der Waals surface area contributed by atoms with Gasteiger partial charge in [0.2, 0.25) is 0 Å². The highest BCUT2D eigenvalue weighted by Crippen LogP contribution is 2.31. The number of benzene rings is 1. The first-order valence-electron chi connectivity index (χ1n) is 5.35. The average molecular weight is 228 g/mol. The van der Waals surface area contributed by atoms with Crippen LogP contribution in [0.15, 0.2) is 12.1 Å². The van der Waals surface area contributed by atoms with Gasteiger partial charge in [0.05, 0.1) is 0 Å². The number of piperidine rings is 1. The second-order valence-corrected chi connectivity index (χ2v) is 4.51. The van der Waals surface area contributed by atoms with Crippen molar-refractivity contribution in [3.63, 3.8) is 0 Å². The molecule has 1 heterocycles. The third kappa shape index (κ3) is 2.16. The molecule has 1 fully saturated rings. The van der Waals surface area contributed by atoms with E-state index >= 15 is 0 Å². The molecule has 82 valence electrons. The molecule has 0 radical (unpaired) electrons. The fourth-order valence-corrected chi connectivity index (χ4v) is 2.28. The van der Waals surface area contributed by atoms with E-state index in [4.69, 9.17) is 11.6 Å². The van der Waals surface area contributed by atoms with Crippen LogP contribution in [0.1, 0.15) is 29.9 Å². The van der Waals surface area contributed by atoms with E-state index in [1.807, 2.05) is 6.07 Å². The second kappa shape index (κ2) is 4.50. The van der Waals surface area contributed by atoms with E-state index < -0.39 is 0 Å². The molecular formula is C12H15ClFN. The van der Waals surface area contributed by atoms with Crippen molar-refractivity contribution in [3.8, 4) is 0 Å². The first-order chi connectivity index (χ1) is 7.20. The van der Waals surface area contributed by atoms with Gasteiger partial charge in [0.25, 0.3) is 0 Å². The summed E-state index contributed by atoms with van der Waals surface area (Å²) in [5.41, 5.74) is 1.41. The highest BCUT2D eigenvalue weighted by molar-refractivity contribution is 6.31. The van der Waals surface area contributed by atoms with E-state index in [0.29, 0.717) is 16.5 Å². The molecule has 0 spiro atoms. The summed E-state index contributed by atoms with van der Waals surface area (Å²) < 4.78 is 13.9. The summed E-state index contributed by atoms with van der Waals surface area (Å²) >= 11 is 5.87. The van der Waals surface area contributed by atoms with E-state index in [2.05, 4.69) is 5.32 Å². The Balaban J connectivity index is 2.31. The Kier molecular flexibility index (Phi) is 3.27. The van der Waals surface area contributed by atoms with Crippen molar-refractivity contribution in [3.05, 3.63) is 34.1 Å². The Morgan fingerprint density at radius 3 is 2.67 bits per heavy atom. The Morgan fingerprint density at radius 2 is 2.00 bits per heavy atom. The Bertz CT molecular complexity index is 359. The van der Waals surface area contributed by atoms with Crippen LogP contribution in [0.5, 0.6) is 0 Å². The number of hydrogen-bond donors (Lipinski definition) is 1. The molecule has 1 saturated heterocycles. The van der Waals surface area contributed by atoms with Gasteiger partial charge in [-0.05, 0) is 50.4 Å². The van der Waals surface area contributed by atoms with Crippen LogP contribution >= 0.6 is 11.6 Å². The molecule has 1 N–H and O–H groups in total. The van der Waals surface area contributed by atoms with E-state index in [1.54, 1.807) is 13.0 Å². The number of halogens is 2. The predicted molar refractivity (Wildman–Crippen MR) is 61.0 cm³/mol. The zero-order valence-electron chi connectivity index (χ0n) is 8.82. The molecule has 1 nitrogen and oxygen atoms in total. The molecule has 0 atom stereocenters. The molecule has 0 amide bonds. The van der Waals surface area contributed by atoms with Gasteiger partial charge in [0.1, 0.15) is 5.82 Å². The summed E-state index contributed by atoms with van der Waals surface area (Å²) in [6, 6.07) is 3.64. The molecule has 2 rings (SSSR count). The first-order valence-corrected chi connectivity index (χ1v) is 5.73. The molecule has 0 bridgehead atoms. The van der Waals surface area contributed by atoms with Crippen LogP contribution in [0.2, 0.25) is 5.02 Å². The molecular weight excluding hydrogens is 213 g/mol. The fourth-order valence-electron chi connectivity index (χ4n) is 2.13. The van der Waals surface area contributed by atoms with Gasteiger partial charge >= 0.3 is 0 Å². The Morgan fingerprint density at radius 1 is 1.33 bits per heavy atom. The van der Waals surface area contributed by atoms with Gasteiger partial charge in [-0.15, -0.1) is 0 Å². The van der Waals surface area contributed by atoms with Gasteiger partial charge in [-0.2, -0.15) is 0 Å². The fraction of sp³-hybridized carbons (Fsp3) is 0.500. The van der Waals surface area contributed by atoms with Crippen molar-refractivity contribution >= 4 is 11.6 Å². The molecule has 1 aromatic carbocycles. The van der Waals surface area contributed by atoms with Gasteiger partial charge < -0.3 is 5.32 Å². The summed E-state index contributed by atoms with van der Waals surface area (Å²) in [5.74, 6) is 0.233. The lowest BCUT2D eigenvalue weighted by molar-refractivity contribution is 0.444. The zero-order valence-corrected chi connectivity index (χ0v) is 9.57. The van der Waals surface area contributed by atoms with Crippen molar-refractivity contribution in [2.75, 3.05) is 13.1 Å². The first kappa shape index (κ1) is 10.9. The smallest absolute Gasteiger partial charge is 0.131 e. The zero-order chi connectivity index (χ0) is 10.8. The third-order valence-electron chi connectivity index (χ3n) is 3.13. The summed E-state index contributed by atoms with van der Waals surface area (Å²) in [7, 11) is 0. The van der Waals surface area contributed by atoms with Crippen molar-refractivity contribution in [1.82, 2.24) is 5.32 Å². The van der Waals surface area contributed by atoms with Gasteiger partial charge in [-0.3, -0.25) is 0 Å². The van der Waals surface area contributed by atoms with Crippen LogP contribution in [0, 0.1) is 12.7 Å². The maximum Gasteiger partial charge on any atom is 0.131 e. The molecule has 0 aromatic heterocycles. The van der Waals surface area contributed by atoms with Crippen LogP contribution in [-0.2, 0) is 0 Å². The molecule has 0 saturated carbocycles. The van der Waals surface area contributed by atoms with Gasteiger partial charge in [-0.1, -0.05) is 17.7 Å². The van der Waals surface area contributed by atoms with Crippen molar-refractivity contribution in [2.24, 2.45) is 0 Å². The topological polar surface area (TPSA) is 12.0 Å². The van der Waals surface area contributed by atoms with Crippen LogP contribution in [0.3, 0.4) is 0 Å². The molecule has 1 aromatic rings. The van der Waals surface area contributed by atoms with E-state index in [9.17, 15) is 4.39 Å². The highest BCUT2D eigenvalue weighted by atomic mass is 35.5. The minimum absolute atomic E-state index is 0.116. The molecule has 1 aliphatic rings. The standard InChI is InChI=1S/C12H15ClFN/c1-8-11(13)3-2-10(12(8)14)9-4-6-15-7-5-9/h2-3,9,15H,4-7H2,1H3. The largest absolute Gasteiger partial charge is 0.317 e. The Hall–Kier alpha value is -0.600. The monoisotopic (exact) mass is 227 g/mol. The van der Waals surface area contributed by atoms with Gasteiger partial charge in [-0.25, -0.2) is 4.39 Å². The van der Waals surface area contributed by atoms with Crippen LogP contribution in [-0.4, -0.2) is 13.1 Å². The maximum atomic E-state index is 13.9. The second-order valence-electron chi connectivity index (χ2n) is 4.10. The van der Waals surface area contributed by atoms with Crippen LogP contribution in [0.25, 0.3) is 0 Å². The van der Waals surface area contributed by atoms with Gasteiger partial charge in [0, 0.05) is 10.6 Å². The molecule has 1 aliphatic heterocycles. The highest BCUT2D eigenvalue weighted by Gasteiger charge is 2.20. The number of nitrogens with one attached hydrogen (secondary N) is 1. The number of hydrogen-bond acceptors (Lipinski definition) is 1. The van der Waals surface area contributed by atoms with Crippen molar-refractivity contribution in [1.29, 1.82) is 0 Å². The van der Waals surface area contributed by atoms with Crippen LogP contribution < -0.4 is 5.32 Å². The van der Waals surface area contributed by atoms with E-state index in [0.717, 1.165) is 31.5 Å².